The molecule has 1 atom stereocenters. The van der Waals surface area contributed by atoms with E-state index in [1.807, 2.05) is 6.07 Å². The van der Waals surface area contributed by atoms with E-state index in [4.69, 9.17) is 19.8 Å². The molecule has 1 saturated heterocycles. The molecule has 1 aromatic carbocycles. The van der Waals surface area contributed by atoms with Crippen molar-refractivity contribution in [1.29, 1.82) is 0 Å². The average Bonchev–Trinajstić information content (AvgIpc) is 2.75. The van der Waals surface area contributed by atoms with E-state index < -0.39 is 0 Å². The molecule has 0 radical (unpaired) electrons. The van der Waals surface area contributed by atoms with Crippen LogP contribution in [0.25, 0.3) is 0 Å². The number of phenols is 1. The average molecular weight is 291 g/mol. The van der Waals surface area contributed by atoms with Crippen LogP contribution in [0.3, 0.4) is 0 Å². The van der Waals surface area contributed by atoms with Crippen LogP contribution in [0.5, 0.6) is 5.75 Å². The number of hydrogen-bond acceptors (Lipinski definition) is 3. The monoisotopic (exact) mass is 290 g/mol. The van der Waals surface area contributed by atoms with Crippen LogP contribution in [0.1, 0.15) is 18.4 Å². The first-order valence-corrected chi connectivity index (χ1v) is 6.62. The zero-order chi connectivity index (χ0) is 13.0. The first-order valence-electron chi connectivity index (χ1n) is 6.12. The summed E-state index contributed by atoms with van der Waals surface area (Å²) in [5, 5.41) is 9.65. The predicted molar refractivity (Wildman–Crippen MR) is 68.1 cm³/mol. The van der Waals surface area contributed by atoms with Crippen LogP contribution in [-0.2, 0) is 19.8 Å². The molecule has 0 amide bonds. The van der Waals surface area contributed by atoms with Crippen LogP contribution in [0.4, 0.5) is 0 Å². The van der Waals surface area contributed by atoms with Crippen LogP contribution in [0.15, 0.2) is 24.3 Å². The van der Waals surface area contributed by atoms with Crippen LogP contribution in [0, 0.1) is 6.42 Å². The molecule has 1 heterocycles. The van der Waals surface area contributed by atoms with Gasteiger partial charge in [-0.3, -0.25) is 0 Å². The molecule has 2 rings (SSSR count). The Labute approximate surface area is 116 Å². The second kappa shape index (κ2) is 6.46. The molecular formula is C14H18NNiO2-. The van der Waals surface area contributed by atoms with E-state index >= 15 is 0 Å². The Balaban J connectivity index is 1.80. The topological polar surface area (TPSA) is 32.7 Å². The van der Waals surface area contributed by atoms with Crippen molar-refractivity contribution in [3.63, 3.8) is 0 Å². The summed E-state index contributed by atoms with van der Waals surface area (Å²) < 4.78 is 5.92. The fourth-order valence-electron chi connectivity index (χ4n) is 2.17. The van der Waals surface area contributed by atoms with Crippen molar-refractivity contribution in [2.24, 2.45) is 0 Å². The third-order valence-electron chi connectivity index (χ3n) is 3.25. The third-order valence-corrected chi connectivity index (χ3v) is 3.65. The van der Waals surface area contributed by atoms with Gasteiger partial charge in [-0.1, -0.05) is 0 Å². The van der Waals surface area contributed by atoms with Gasteiger partial charge >= 0.3 is 116 Å². The van der Waals surface area contributed by atoms with Crippen molar-refractivity contribution in [1.82, 2.24) is 4.90 Å². The summed E-state index contributed by atoms with van der Waals surface area (Å²) in [5.41, 5.74) is 0.602. The molecule has 0 aromatic heterocycles. The van der Waals surface area contributed by atoms with E-state index in [2.05, 4.69) is 18.4 Å². The van der Waals surface area contributed by atoms with Gasteiger partial charge in [0.1, 0.15) is 0 Å². The van der Waals surface area contributed by atoms with Gasteiger partial charge in [0.05, 0.1) is 0 Å². The van der Waals surface area contributed by atoms with Crippen molar-refractivity contribution < 1.29 is 24.9 Å². The molecule has 1 N–H and O–H groups in total. The van der Waals surface area contributed by atoms with Gasteiger partial charge in [0.2, 0.25) is 0 Å². The summed E-state index contributed by atoms with van der Waals surface area (Å²) in [6.45, 7) is 1.65. The molecule has 18 heavy (non-hydrogen) atoms. The molecule has 0 spiro atoms. The number of likely N-dealkylation sites (tertiary alicyclic amines) is 1. The summed E-state index contributed by atoms with van der Waals surface area (Å²) in [5.74, 6) is 0.178. The van der Waals surface area contributed by atoms with Gasteiger partial charge in [0, 0.05) is 0 Å². The van der Waals surface area contributed by atoms with Crippen molar-refractivity contribution in [3.8, 4) is 5.75 Å². The standard InChI is InChI=1S/C14H18NO2.Ni/c1-15-9-4-6-13(15)8-10-17-11-12-5-2-3-7-14(12)16;/h2-3,5,7-8,13,16H,4,6,9-10H2,1H3;/q-1;. The van der Waals surface area contributed by atoms with Crippen LogP contribution >= 0.6 is 0 Å². The maximum absolute atomic E-state index is 9.65. The molecule has 102 valence electrons. The van der Waals surface area contributed by atoms with E-state index in [0.717, 1.165) is 6.54 Å². The van der Waals surface area contributed by atoms with E-state index in [1.54, 1.807) is 18.2 Å². The minimum atomic E-state index is 0.178. The molecule has 0 aliphatic carbocycles. The number of benzene rings is 1. The first kappa shape index (κ1) is 13.7. The molecule has 1 aliphatic rings. The molecule has 4 heteroatoms. The number of phenolic OH excluding ortho intramolecular Hbond substituents is 1. The summed E-state index contributed by atoms with van der Waals surface area (Å²) >= 11 is 4.83. The Morgan fingerprint density at radius 3 is 3.00 bits per heavy atom. The summed E-state index contributed by atoms with van der Waals surface area (Å²) in [7, 11) is 2.12. The normalized spacial score (nSPS) is 20.3. The van der Waals surface area contributed by atoms with Gasteiger partial charge in [-0.15, -0.1) is 0 Å². The van der Waals surface area contributed by atoms with Crippen LogP contribution in [0.2, 0.25) is 0 Å². The van der Waals surface area contributed by atoms with Gasteiger partial charge < -0.3 is 0 Å². The maximum atomic E-state index is 9.65. The Morgan fingerprint density at radius 2 is 2.33 bits per heavy atom. The number of para-hydroxylation sites is 1. The summed E-state index contributed by atoms with van der Waals surface area (Å²) in [6.07, 6.45) is 4.57. The molecule has 0 bridgehead atoms. The SMILES string of the molecule is CN1CCCC1[CH-]CO[C](=[Ni])c1ccccc1O. The van der Waals surface area contributed by atoms with E-state index in [0.29, 0.717) is 22.9 Å². The van der Waals surface area contributed by atoms with Crippen molar-refractivity contribution >= 4 is 4.68 Å². The molecule has 3 nitrogen and oxygen atoms in total. The van der Waals surface area contributed by atoms with E-state index in [-0.39, 0.29) is 5.75 Å². The van der Waals surface area contributed by atoms with E-state index in [9.17, 15) is 5.11 Å². The number of ether oxygens (including phenoxy) is 1. The molecular weight excluding hydrogens is 273 g/mol. The predicted octanol–water partition coefficient (Wildman–Crippen LogP) is 1.73. The van der Waals surface area contributed by atoms with Crippen LogP contribution in [-0.4, -0.2) is 40.9 Å². The Bertz CT molecular complexity index is 422. The fraction of sp³-hybridized carbons (Fsp3) is 0.429. The molecule has 1 fully saturated rings. The van der Waals surface area contributed by atoms with E-state index in [1.165, 1.54) is 12.8 Å². The zero-order valence-electron chi connectivity index (χ0n) is 10.4. The molecule has 0 saturated carbocycles. The Kier molecular flexibility index (Phi) is 4.93. The molecule has 1 unspecified atom stereocenters. The Hall–Kier alpha value is -0.696. The Morgan fingerprint density at radius 1 is 1.56 bits per heavy atom. The fourth-order valence-corrected chi connectivity index (χ4v) is 2.46. The zero-order valence-corrected chi connectivity index (χ0v) is 11.4. The van der Waals surface area contributed by atoms with Gasteiger partial charge in [-0.2, -0.15) is 0 Å². The number of aromatic hydroxyl groups is 1. The van der Waals surface area contributed by atoms with Gasteiger partial charge in [0.15, 0.2) is 0 Å². The number of nitrogens with zero attached hydrogens (tertiary/aromatic N) is 1. The van der Waals surface area contributed by atoms with Crippen molar-refractivity contribution in [2.75, 3.05) is 20.2 Å². The van der Waals surface area contributed by atoms with Gasteiger partial charge in [-0.25, -0.2) is 0 Å². The van der Waals surface area contributed by atoms with Crippen molar-refractivity contribution in [3.05, 3.63) is 36.2 Å². The van der Waals surface area contributed by atoms with Gasteiger partial charge in [-0.05, 0) is 0 Å². The molecule has 1 aliphatic heterocycles. The number of rotatable bonds is 5. The number of hydrogen-bond donors (Lipinski definition) is 1. The van der Waals surface area contributed by atoms with Crippen LogP contribution < -0.4 is 0 Å². The van der Waals surface area contributed by atoms with Gasteiger partial charge in [0.25, 0.3) is 0 Å². The third kappa shape index (κ3) is 3.41. The molecule has 1 aromatic rings. The first-order chi connectivity index (χ1) is 8.68. The second-order valence-corrected chi connectivity index (χ2v) is 4.95. The second-order valence-electron chi connectivity index (χ2n) is 4.50. The van der Waals surface area contributed by atoms with Crippen molar-refractivity contribution in [2.45, 2.75) is 18.9 Å². The summed E-state index contributed by atoms with van der Waals surface area (Å²) in [4.78, 5) is 2.32. The minimum absolute atomic E-state index is 0.178. The quantitative estimate of drug-likeness (QED) is 0.662. The summed E-state index contributed by atoms with van der Waals surface area (Å²) in [6, 6.07) is 7.49.